The second-order valence-electron chi connectivity index (χ2n) is 4.34. The Hall–Kier alpha value is -1.68. The van der Waals surface area contributed by atoms with Gasteiger partial charge in [0.25, 0.3) is 0 Å². The number of hydrogen-bond acceptors (Lipinski definition) is 2. The summed E-state index contributed by atoms with van der Waals surface area (Å²) >= 11 is 0. The van der Waals surface area contributed by atoms with Gasteiger partial charge in [-0.2, -0.15) is 0 Å². The van der Waals surface area contributed by atoms with Crippen molar-refractivity contribution in [1.29, 1.82) is 0 Å². The zero-order valence-electron chi connectivity index (χ0n) is 9.41. The van der Waals surface area contributed by atoms with Gasteiger partial charge < -0.3 is 10.3 Å². The van der Waals surface area contributed by atoms with E-state index in [4.69, 9.17) is 0 Å². The smallest absolute Gasteiger partial charge is 0.123 e. The van der Waals surface area contributed by atoms with Crippen molar-refractivity contribution in [2.24, 2.45) is 0 Å². The maximum atomic E-state index is 13.1. The minimum Gasteiger partial charge on any atom is -0.341 e. The van der Waals surface area contributed by atoms with Crippen molar-refractivity contribution in [1.82, 2.24) is 15.3 Å². The molecular formula is C13H14FN3. The molecule has 1 aromatic carbocycles. The summed E-state index contributed by atoms with van der Waals surface area (Å²) in [7, 11) is 0. The molecule has 88 valence electrons. The molecule has 1 aromatic heterocycles. The third-order valence-electron chi connectivity index (χ3n) is 3.12. The van der Waals surface area contributed by atoms with E-state index in [1.54, 1.807) is 12.3 Å². The number of nitrogens with zero attached hydrogens (tertiary/aromatic N) is 1. The number of aromatic amines is 1. The molecule has 2 N–H and O–H groups in total. The highest BCUT2D eigenvalue weighted by molar-refractivity contribution is 5.58. The summed E-state index contributed by atoms with van der Waals surface area (Å²) in [5.41, 5.74) is 1.70. The number of imidazole rings is 1. The molecule has 1 atom stereocenters. The molecule has 3 rings (SSSR count). The van der Waals surface area contributed by atoms with Crippen molar-refractivity contribution >= 4 is 0 Å². The zero-order valence-corrected chi connectivity index (χ0v) is 9.41. The van der Waals surface area contributed by atoms with Crippen molar-refractivity contribution in [3.8, 4) is 11.3 Å². The van der Waals surface area contributed by atoms with Crippen LogP contribution in [0.25, 0.3) is 11.3 Å². The van der Waals surface area contributed by atoms with Gasteiger partial charge in [-0.1, -0.05) is 12.1 Å². The Labute approximate surface area is 99.1 Å². The van der Waals surface area contributed by atoms with E-state index in [-0.39, 0.29) is 5.82 Å². The van der Waals surface area contributed by atoms with Crippen LogP contribution < -0.4 is 5.32 Å². The highest BCUT2D eigenvalue weighted by Gasteiger charge is 2.19. The normalized spacial score (nSPS) is 19.7. The summed E-state index contributed by atoms with van der Waals surface area (Å²) in [5.74, 6) is 0.722. The van der Waals surface area contributed by atoms with Gasteiger partial charge in [0.15, 0.2) is 0 Å². The van der Waals surface area contributed by atoms with E-state index in [1.807, 2.05) is 6.07 Å². The van der Waals surface area contributed by atoms with Crippen LogP contribution in [0.15, 0.2) is 30.5 Å². The number of hydrogen-bond donors (Lipinski definition) is 2. The lowest BCUT2D eigenvalue weighted by molar-refractivity contribution is 0.612. The summed E-state index contributed by atoms with van der Waals surface area (Å²) in [4.78, 5) is 7.62. The monoisotopic (exact) mass is 231 g/mol. The Kier molecular flexibility index (Phi) is 2.65. The fraction of sp³-hybridized carbons (Fsp3) is 0.308. The molecule has 2 aromatic rings. The van der Waals surface area contributed by atoms with Crippen LogP contribution in [0.3, 0.4) is 0 Å². The van der Waals surface area contributed by atoms with Crippen molar-refractivity contribution < 1.29 is 4.39 Å². The van der Waals surface area contributed by atoms with Gasteiger partial charge in [0.2, 0.25) is 0 Å². The highest BCUT2D eigenvalue weighted by Crippen LogP contribution is 2.24. The molecule has 1 saturated heterocycles. The lowest BCUT2D eigenvalue weighted by Gasteiger charge is -2.05. The molecule has 0 amide bonds. The SMILES string of the molecule is Fc1cccc(-c2cnc(C3CCCN3)[nH]2)c1. The van der Waals surface area contributed by atoms with Crippen molar-refractivity contribution in [2.75, 3.05) is 6.54 Å². The molecule has 1 fully saturated rings. The maximum absolute atomic E-state index is 13.1. The van der Waals surface area contributed by atoms with Gasteiger partial charge in [0.05, 0.1) is 17.9 Å². The van der Waals surface area contributed by atoms with E-state index in [1.165, 1.54) is 18.6 Å². The summed E-state index contributed by atoms with van der Waals surface area (Å²) in [6, 6.07) is 6.86. The van der Waals surface area contributed by atoms with Crippen LogP contribution in [0.1, 0.15) is 24.7 Å². The van der Waals surface area contributed by atoms with Crippen LogP contribution >= 0.6 is 0 Å². The molecule has 1 aliphatic rings. The van der Waals surface area contributed by atoms with Crippen molar-refractivity contribution in [3.63, 3.8) is 0 Å². The van der Waals surface area contributed by atoms with E-state index in [2.05, 4.69) is 15.3 Å². The molecule has 0 radical (unpaired) electrons. The van der Waals surface area contributed by atoms with Gasteiger partial charge in [-0.05, 0) is 31.5 Å². The number of nitrogens with one attached hydrogen (secondary N) is 2. The Morgan fingerprint density at radius 3 is 3.06 bits per heavy atom. The van der Waals surface area contributed by atoms with Gasteiger partial charge in [-0.3, -0.25) is 0 Å². The predicted molar refractivity (Wildman–Crippen MR) is 64.0 cm³/mol. The van der Waals surface area contributed by atoms with E-state index in [9.17, 15) is 4.39 Å². The molecule has 2 heterocycles. The fourth-order valence-corrected chi connectivity index (χ4v) is 2.23. The minimum atomic E-state index is -0.224. The molecule has 1 aliphatic heterocycles. The van der Waals surface area contributed by atoms with E-state index >= 15 is 0 Å². The van der Waals surface area contributed by atoms with Crippen LogP contribution in [0.5, 0.6) is 0 Å². The van der Waals surface area contributed by atoms with Gasteiger partial charge >= 0.3 is 0 Å². The van der Waals surface area contributed by atoms with Crippen LogP contribution in [0.2, 0.25) is 0 Å². The first-order valence-electron chi connectivity index (χ1n) is 5.87. The standard InChI is InChI=1S/C13H14FN3/c14-10-4-1-3-9(7-10)12-8-16-13(17-12)11-5-2-6-15-11/h1,3-4,7-8,11,15H,2,5-6H2,(H,16,17). The lowest BCUT2D eigenvalue weighted by atomic mass is 10.2. The van der Waals surface area contributed by atoms with Gasteiger partial charge in [0.1, 0.15) is 11.6 Å². The molecule has 0 aliphatic carbocycles. The molecule has 4 heteroatoms. The zero-order chi connectivity index (χ0) is 11.7. The lowest BCUT2D eigenvalue weighted by Crippen LogP contribution is -2.14. The Morgan fingerprint density at radius 1 is 1.35 bits per heavy atom. The average Bonchev–Trinajstić information content (AvgIpc) is 3.00. The highest BCUT2D eigenvalue weighted by atomic mass is 19.1. The molecule has 0 spiro atoms. The van der Waals surface area contributed by atoms with Gasteiger partial charge in [0, 0.05) is 5.56 Å². The molecule has 17 heavy (non-hydrogen) atoms. The maximum Gasteiger partial charge on any atom is 0.123 e. The van der Waals surface area contributed by atoms with Crippen LogP contribution in [0.4, 0.5) is 4.39 Å². The number of benzene rings is 1. The first kappa shape index (κ1) is 10.5. The second-order valence-corrected chi connectivity index (χ2v) is 4.34. The second kappa shape index (κ2) is 4.30. The largest absolute Gasteiger partial charge is 0.341 e. The summed E-state index contributed by atoms with van der Waals surface area (Å²) in [6.07, 6.45) is 4.06. The third kappa shape index (κ3) is 2.08. The number of halogens is 1. The topological polar surface area (TPSA) is 40.7 Å². The van der Waals surface area contributed by atoms with Crippen molar-refractivity contribution in [3.05, 3.63) is 42.1 Å². The number of H-pyrrole nitrogens is 1. The van der Waals surface area contributed by atoms with Crippen molar-refractivity contribution in [2.45, 2.75) is 18.9 Å². The summed E-state index contributed by atoms with van der Waals surface area (Å²) < 4.78 is 13.1. The Bertz CT molecular complexity index is 515. The number of aromatic nitrogens is 2. The number of rotatable bonds is 2. The van der Waals surface area contributed by atoms with Crippen LogP contribution in [0, 0.1) is 5.82 Å². The predicted octanol–water partition coefficient (Wildman–Crippen LogP) is 2.64. The van der Waals surface area contributed by atoms with Gasteiger partial charge in [-0.25, -0.2) is 9.37 Å². The van der Waals surface area contributed by atoms with Gasteiger partial charge in [-0.15, -0.1) is 0 Å². The molecule has 3 nitrogen and oxygen atoms in total. The molecule has 0 saturated carbocycles. The van der Waals surface area contributed by atoms with Crippen LogP contribution in [-0.4, -0.2) is 16.5 Å². The fourth-order valence-electron chi connectivity index (χ4n) is 2.23. The quantitative estimate of drug-likeness (QED) is 0.834. The third-order valence-corrected chi connectivity index (χ3v) is 3.12. The molecule has 0 bridgehead atoms. The summed E-state index contributed by atoms with van der Waals surface area (Å²) in [5, 5.41) is 3.38. The van der Waals surface area contributed by atoms with E-state index in [0.717, 1.165) is 30.0 Å². The molecule has 1 unspecified atom stereocenters. The minimum absolute atomic E-state index is 0.224. The summed E-state index contributed by atoms with van der Waals surface area (Å²) in [6.45, 7) is 1.04. The average molecular weight is 231 g/mol. The molecular weight excluding hydrogens is 217 g/mol. The first-order chi connectivity index (χ1) is 8.33. The van der Waals surface area contributed by atoms with Crippen LogP contribution in [-0.2, 0) is 0 Å². The Balaban J connectivity index is 1.89. The van der Waals surface area contributed by atoms with E-state index in [0.29, 0.717) is 6.04 Å². The first-order valence-corrected chi connectivity index (χ1v) is 5.87. The van der Waals surface area contributed by atoms with E-state index < -0.39 is 0 Å². The Morgan fingerprint density at radius 2 is 2.29 bits per heavy atom.